The lowest BCUT2D eigenvalue weighted by Gasteiger charge is -2.34. The van der Waals surface area contributed by atoms with Crippen LogP contribution in [0.2, 0.25) is 0 Å². The first-order chi connectivity index (χ1) is 17.0. The quantitative estimate of drug-likeness (QED) is 0.311. The summed E-state index contributed by atoms with van der Waals surface area (Å²) in [5.74, 6) is 2.78. The molecule has 0 N–H and O–H groups in total. The summed E-state index contributed by atoms with van der Waals surface area (Å²) in [6, 6.07) is 3.93. The van der Waals surface area contributed by atoms with Crippen LogP contribution in [-0.2, 0) is 13.6 Å². The summed E-state index contributed by atoms with van der Waals surface area (Å²) in [4.78, 5) is 9.34. The zero-order valence-electron chi connectivity index (χ0n) is 21.7. The summed E-state index contributed by atoms with van der Waals surface area (Å²) < 4.78 is 45.6. The normalized spacial score (nSPS) is 14.9. The van der Waals surface area contributed by atoms with Gasteiger partial charge in [-0.3, -0.25) is 4.68 Å². The van der Waals surface area contributed by atoms with Crippen molar-refractivity contribution in [3.63, 3.8) is 0 Å². The number of halogens is 3. The molecule has 0 bridgehead atoms. The van der Waals surface area contributed by atoms with Gasteiger partial charge in [0.15, 0.2) is 11.5 Å². The van der Waals surface area contributed by atoms with Crippen LogP contribution in [0.5, 0.6) is 0 Å². The Morgan fingerprint density at radius 3 is 2.56 bits per heavy atom. The van der Waals surface area contributed by atoms with Gasteiger partial charge in [0.05, 0.1) is 12.1 Å². The van der Waals surface area contributed by atoms with E-state index in [9.17, 15) is 13.2 Å². The Morgan fingerprint density at radius 2 is 1.97 bits per heavy atom. The van der Waals surface area contributed by atoms with Crippen LogP contribution in [0.3, 0.4) is 0 Å². The monoisotopic (exact) mass is 504 g/mol. The fraction of sp³-hybridized carbons (Fsp3) is 0.577. The fourth-order valence-corrected chi connectivity index (χ4v) is 4.70. The Bertz CT molecular complexity index is 1220. The molecule has 196 valence electrons. The summed E-state index contributed by atoms with van der Waals surface area (Å²) in [7, 11) is 1.90. The van der Waals surface area contributed by atoms with Crippen LogP contribution in [-0.4, -0.2) is 45.7 Å². The SMILES string of the molecule is CCN(CC1CCC1)c1nc2c(cc1CN(C/C(C)=C/CC(F)(F)F)c1cc(C)on1)c(C)nn2C. The number of pyridine rings is 1. The molecule has 4 rings (SSSR count). The molecule has 0 saturated heterocycles. The summed E-state index contributed by atoms with van der Waals surface area (Å²) in [5.41, 5.74) is 3.32. The van der Waals surface area contributed by atoms with Crippen molar-refractivity contribution in [3.8, 4) is 0 Å². The molecule has 0 aromatic carbocycles. The van der Waals surface area contributed by atoms with E-state index >= 15 is 0 Å². The van der Waals surface area contributed by atoms with Crippen molar-refractivity contribution in [1.82, 2.24) is 19.9 Å². The van der Waals surface area contributed by atoms with Gasteiger partial charge in [-0.05, 0) is 52.5 Å². The molecule has 0 unspecified atom stereocenters. The molecule has 7 nitrogen and oxygen atoms in total. The lowest BCUT2D eigenvalue weighted by Crippen LogP contribution is -2.34. The lowest BCUT2D eigenvalue weighted by molar-refractivity contribution is -0.125. The van der Waals surface area contributed by atoms with E-state index < -0.39 is 12.6 Å². The Hall–Kier alpha value is -3.04. The molecule has 1 aliphatic rings. The van der Waals surface area contributed by atoms with E-state index in [0.29, 0.717) is 36.2 Å². The smallest absolute Gasteiger partial charge is 0.360 e. The van der Waals surface area contributed by atoms with Gasteiger partial charge < -0.3 is 14.3 Å². The highest BCUT2D eigenvalue weighted by molar-refractivity contribution is 5.81. The number of anilines is 2. The highest BCUT2D eigenvalue weighted by Crippen LogP contribution is 2.32. The topological polar surface area (TPSA) is 63.2 Å². The number of aromatic nitrogens is 4. The van der Waals surface area contributed by atoms with E-state index in [0.717, 1.165) is 41.2 Å². The maximum absolute atomic E-state index is 12.8. The molecule has 3 aromatic rings. The predicted octanol–water partition coefficient (Wildman–Crippen LogP) is 6.10. The highest BCUT2D eigenvalue weighted by atomic mass is 19.4. The van der Waals surface area contributed by atoms with Gasteiger partial charge in [-0.15, -0.1) is 0 Å². The molecule has 0 radical (unpaired) electrons. The molecule has 0 atom stereocenters. The van der Waals surface area contributed by atoms with Gasteiger partial charge in [0.1, 0.15) is 11.6 Å². The fourth-order valence-electron chi connectivity index (χ4n) is 4.70. The second-order valence-electron chi connectivity index (χ2n) is 9.91. The molecule has 3 heterocycles. The van der Waals surface area contributed by atoms with Crippen LogP contribution in [0, 0.1) is 19.8 Å². The van der Waals surface area contributed by atoms with Gasteiger partial charge in [0.2, 0.25) is 0 Å². The molecular formula is C26H35F3N6O. The Kier molecular flexibility index (Phi) is 7.61. The molecular weight excluding hydrogens is 469 g/mol. The largest absolute Gasteiger partial charge is 0.392 e. The van der Waals surface area contributed by atoms with Crippen LogP contribution < -0.4 is 9.80 Å². The summed E-state index contributed by atoms with van der Waals surface area (Å²) in [6.45, 7) is 10.1. The van der Waals surface area contributed by atoms with E-state index in [4.69, 9.17) is 9.51 Å². The van der Waals surface area contributed by atoms with Crippen LogP contribution >= 0.6 is 0 Å². The van der Waals surface area contributed by atoms with Crippen molar-refractivity contribution in [2.45, 2.75) is 66.1 Å². The van der Waals surface area contributed by atoms with Crippen LogP contribution in [0.15, 0.2) is 28.3 Å². The molecule has 10 heteroatoms. The standard InChI is InChI=1S/C26H35F3N6O/c1-6-34(15-20-8-7-9-20)24-21(13-22-19(4)31-33(5)25(22)30-24)16-35(23-12-18(3)36-32-23)14-17(2)10-11-26(27,28)29/h10,12-13,20H,6-9,11,14-16H2,1-5H3/b17-10+. The number of alkyl halides is 3. The molecule has 36 heavy (non-hydrogen) atoms. The number of allylic oxidation sites excluding steroid dienone is 1. The van der Waals surface area contributed by atoms with Gasteiger partial charge in [-0.1, -0.05) is 23.2 Å². The third-order valence-corrected chi connectivity index (χ3v) is 6.86. The van der Waals surface area contributed by atoms with Gasteiger partial charge >= 0.3 is 6.18 Å². The second kappa shape index (κ2) is 10.5. The zero-order chi connectivity index (χ0) is 26.0. The Morgan fingerprint density at radius 1 is 1.22 bits per heavy atom. The first-order valence-electron chi connectivity index (χ1n) is 12.5. The average Bonchev–Trinajstić information content (AvgIpc) is 3.33. The number of nitrogens with zero attached hydrogens (tertiary/aromatic N) is 6. The summed E-state index contributed by atoms with van der Waals surface area (Å²) in [6.07, 6.45) is -0.227. The summed E-state index contributed by atoms with van der Waals surface area (Å²) >= 11 is 0. The van der Waals surface area contributed by atoms with Crippen molar-refractivity contribution < 1.29 is 17.7 Å². The second-order valence-corrected chi connectivity index (χ2v) is 9.91. The van der Waals surface area contributed by atoms with Gasteiger partial charge in [-0.2, -0.15) is 18.3 Å². The van der Waals surface area contributed by atoms with Gasteiger partial charge in [0.25, 0.3) is 0 Å². The third kappa shape index (κ3) is 6.02. The Balaban J connectivity index is 1.73. The third-order valence-electron chi connectivity index (χ3n) is 6.86. The zero-order valence-corrected chi connectivity index (χ0v) is 21.7. The molecule has 3 aromatic heterocycles. The molecule has 0 aliphatic heterocycles. The van der Waals surface area contributed by atoms with E-state index in [-0.39, 0.29) is 0 Å². The first kappa shape index (κ1) is 26.0. The minimum absolute atomic E-state index is 0.292. The van der Waals surface area contributed by atoms with E-state index in [1.54, 1.807) is 18.5 Å². The molecule has 1 aliphatic carbocycles. The number of aryl methyl sites for hydroxylation is 3. The van der Waals surface area contributed by atoms with Crippen molar-refractivity contribution >= 4 is 22.7 Å². The van der Waals surface area contributed by atoms with E-state index in [1.165, 1.54) is 25.3 Å². The van der Waals surface area contributed by atoms with E-state index in [1.807, 2.05) is 24.9 Å². The number of hydrogen-bond donors (Lipinski definition) is 0. The van der Waals surface area contributed by atoms with Gasteiger partial charge in [0, 0.05) is 50.2 Å². The van der Waals surface area contributed by atoms with Crippen LogP contribution in [0.1, 0.15) is 56.5 Å². The van der Waals surface area contributed by atoms with Crippen molar-refractivity contribution in [2.75, 3.05) is 29.4 Å². The van der Waals surface area contributed by atoms with Gasteiger partial charge in [-0.25, -0.2) is 4.98 Å². The molecule has 1 saturated carbocycles. The van der Waals surface area contributed by atoms with Crippen molar-refractivity contribution in [3.05, 3.63) is 40.8 Å². The minimum Gasteiger partial charge on any atom is -0.360 e. The van der Waals surface area contributed by atoms with Crippen molar-refractivity contribution in [1.29, 1.82) is 0 Å². The maximum Gasteiger partial charge on any atom is 0.392 e. The summed E-state index contributed by atoms with van der Waals surface area (Å²) in [5, 5.41) is 9.70. The highest BCUT2D eigenvalue weighted by Gasteiger charge is 2.27. The molecule has 0 spiro atoms. The van der Waals surface area contributed by atoms with Crippen molar-refractivity contribution in [2.24, 2.45) is 13.0 Å². The number of hydrogen-bond acceptors (Lipinski definition) is 6. The van der Waals surface area contributed by atoms with E-state index in [2.05, 4.69) is 28.1 Å². The maximum atomic E-state index is 12.8. The Labute approximate surface area is 209 Å². The minimum atomic E-state index is -4.24. The first-order valence-corrected chi connectivity index (χ1v) is 12.5. The van der Waals surface area contributed by atoms with Crippen LogP contribution in [0.25, 0.3) is 11.0 Å². The number of fused-ring (bicyclic) bond motifs is 1. The predicted molar refractivity (Wildman–Crippen MR) is 135 cm³/mol. The average molecular weight is 505 g/mol. The number of rotatable bonds is 10. The molecule has 0 amide bonds. The lowest BCUT2D eigenvalue weighted by atomic mass is 9.85. The molecule has 1 fully saturated rings. The van der Waals surface area contributed by atoms with Crippen LogP contribution in [0.4, 0.5) is 24.8 Å².